The minimum Gasteiger partial charge on any atom is -0.497 e. The van der Waals surface area contributed by atoms with E-state index in [0.717, 1.165) is 33.9 Å². The van der Waals surface area contributed by atoms with Gasteiger partial charge in [-0.25, -0.2) is 0 Å². The third kappa shape index (κ3) is 4.97. The van der Waals surface area contributed by atoms with Gasteiger partial charge in [0.15, 0.2) is 4.34 Å². The van der Waals surface area contributed by atoms with Crippen LogP contribution in [0.25, 0.3) is 0 Å². The second-order valence-corrected chi connectivity index (χ2v) is 7.38. The number of methoxy groups -OCH3 is 1. The molecule has 0 radical (unpaired) electrons. The van der Waals surface area contributed by atoms with E-state index >= 15 is 0 Å². The van der Waals surface area contributed by atoms with Gasteiger partial charge in [-0.1, -0.05) is 65.6 Å². The van der Waals surface area contributed by atoms with E-state index in [1.165, 1.54) is 11.1 Å². The number of nitrogens with one attached hydrogen (secondary N) is 1. The maximum absolute atomic E-state index is 5.25. The van der Waals surface area contributed by atoms with Gasteiger partial charge < -0.3 is 10.1 Å². The highest BCUT2D eigenvalue weighted by Crippen LogP contribution is 2.29. The third-order valence-corrected chi connectivity index (χ3v) is 5.52. The van der Waals surface area contributed by atoms with Crippen molar-refractivity contribution in [2.24, 2.45) is 0 Å². The SMILES string of the molecule is COc1cccc(CSc2nnc(NCCc3ccccc3)s2)c1. The summed E-state index contributed by atoms with van der Waals surface area (Å²) in [5, 5.41) is 12.7. The second kappa shape index (κ2) is 8.70. The lowest BCUT2D eigenvalue weighted by molar-refractivity contribution is 0.414. The molecule has 0 saturated carbocycles. The molecule has 6 heteroatoms. The number of benzene rings is 2. The van der Waals surface area contributed by atoms with Crippen LogP contribution in [0, 0.1) is 0 Å². The molecule has 0 atom stereocenters. The Hall–Kier alpha value is -2.05. The lowest BCUT2D eigenvalue weighted by Gasteiger charge is -2.03. The highest BCUT2D eigenvalue weighted by Gasteiger charge is 2.05. The Morgan fingerprint density at radius 2 is 1.88 bits per heavy atom. The zero-order valence-electron chi connectivity index (χ0n) is 13.4. The van der Waals surface area contributed by atoms with Crippen LogP contribution in [-0.4, -0.2) is 23.9 Å². The van der Waals surface area contributed by atoms with Crippen LogP contribution in [-0.2, 0) is 12.2 Å². The van der Waals surface area contributed by atoms with Gasteiger partial charge in [0, 0.05) is 12.3 Å². The fraction of sp³-hybridized carbons (Fsp3) is 0.222. The van der Waals surface area contributed by atoms with Crippen molar-refractivity contribution in [2.75, 3.05) is 19.0 Å². The maximum atomic E-state index is 5.25. The molecule has 1 aromatic heterocycles. The van der Waals surface area contributed by atoms with Crippen molar-refractivity contribution >= 4 is 28.2 Å². The van der Waals surface area contributed by atoms with Gasteiger partial charge in [0.05, 0.1) is 7.11 Å². The van der Waals surface area contributed by atoms with E-state index < -0.39 is 0 Å². The smallest absolute Gasteiger partial charge is 0.206 e. The zero-order chi connectivity index (χ0) is 16.6. The topological polar surface area (TPSA) is 47.0 Å². The molecule has 0 spiro atoms. The first-order valence-corrected chi connectivity index (χ1v) is 9.51. The monoisotopic (exact) mass is 357 g/mol. The van der Waals surface area contributed by atoms with Crippen molar-refractivity contribution in [3.05, 3.63) is 65.7 Å². The Morgan fingerprint density at radius 3 is 2.71 bits per heavy atom. The Labute approximate surface area is 150 Å². The lowest BCUT2D eigenvalue weighted by Crippen LogP contribution is -2.04. The van der Waals surface area contributed by atoms with Crippen molar-refractivity contribution in [1.82, 2.24) is 10.2 Å². The van der Waals surface area contributed by atoms with Crippen molar-refractivity contribution in [3.8, 4) is 5.75 Å². The molecule has 0 aliphatic rings. The molecule has 3 aromatic rings. The fourth-order valence-electron chi connectivity index (χ4n) is 2.21. The van der Waals surface area contributed by atoms with Crippen LogP contribution in [0.3, 0.4) is 0 Å². The van der Waals surface area contributed by atoms with Crippen LogP contribution in [0.4, 0.5) is 5.13 Å². The minimum atomic E-state index is 0.857. The van der Waals surface area contributed by atoms with E-state index in [2.05, 4.69) is 45.8 Å². The molecule has 0 saturated heterocycles. The predicted molar refractivity (Wildman–Crippen MR) is 101 cm³/mol. The van der Waals surface area contributed by atoms with Gasteiger partial charge >= 0.3 is 0 Å². The summed E-state index contributed by atoms with van der Waals surface area (Å²) in [6.45, 7) is 0.860. The average molecular weight is 358 g/mol. The van der Waals surface area contributed by atoms with Crippen LogP contribution in [0.5, 0.6) is 5.75 Å². The Kier molecular flexibility index (Phi) is 6.09. The van der Waals surface area contributed by atoms with Crippen LogP contribution in [0.15, 0.2) is 58.9 Å². The molecule has 0 aliphatic carbocycles. The van der Waals surface area contributed by atoms with Crippen molar-refractivity contribution < 1.29 is 4.74 Å². The highest BCUT2D eigenvalue weighted by atomic mass is 32.2. The zero-order valence-corrected chi connectivity index (χ0v) is 15.1. The average Bonchev–Trinajstić information content (AvgIpc) is 3.09. The molecule has 2 aromatic carbocycles. The van der Waals surface area contributed by atoms with E-state index in [0.29, 0.717) is 0 Å². The van der Waals surface area contributed by atoms with Gasteiger partial charge in [-0.3, -0.25) is 0 Å². The molecule has 1 N–H and O–H groups in total. The molecule has 4 nitrogen and oxygen atoms in total. The minimum absolute atomic E-state index is 0.857. The molecular formula is C18H19N3OS2. The third-order valence-electron chi connectivity index (χ3n) is 3.44. The molecular weight excluding hydrogens is 338 g/mol. The molecule has 3 rings (SSSR count). The summed E-state index contributed by atoms with van der Waals surface area (Å²) in [5.41, 5.74) is 2.54. The summed E-state index contributed by atoms with van der Waals surface area (Å²) < 4.78 is 6.22. The second-order valence-electron chi connectivity index (χ2n) is 5.18. The summed E-state index contributed by atoms with van der Waals surface area (Å²) in [6.07, 6.45) is 0.979. The molecule has 0 amide bonds. The Balaban J connectivity index is 1.46. The fourth-order valence-corrected chi connectivity index (χ4v) is 3.93. The van der Waals surface area contributed by atoms with E-state index in [4.69, 9.17) is 4.74 Å². The molecule has 0 bridgehead atoms. The van der Waals surface area contributed by atoms with Gasteiger partial charge in [-0.2, -0.15) is 0 Å². The number of aromatic nitrogens is 2. The number of anilines is 1. The number of rotatable bonds is 8. The van der Waals surface area contributed by atoms with Gasteiger partial charge in [0.25, 0.3) is 0 Å². The van der Waals surface area contributed by atoms with Gasteiger partial charge in [-0.15, -0.1) is 10.2 Å². The van der Waals surface area contributed by atoms with E-state index in [-0.39, 0.29) is 0 Å². The van der Waals surface area contributed by atoms with Crippen LogP contribution in [0.2, 0.25) is 0 Å². The van der Waals surface area contributed by atoms with E-state index in [1.807, 2.05) is 24.3 Å². The largest absolute Gasteiger partial charge is 0.497 e. The summed E-state index contributed by atoms with van der Waals surface area (Å²) >= 11 is 3.29. The summed E-state index contributed by atoms with van der Waals surface area (Å²) in [7, 11) is 1.68. The molecule has 0 aliphatic heterocycles. The molecule has 24 heavy (non-hydrogen) atoms. The summed E-state index contributed by atoms with van der Waals surface area (Å²) in [6, 6.07) is 18.5. The van der Waals surface area contributed by atoms with E-state index in [9.17, 15) is 0 Å². The van der Waals surface area contributed by atoms with E-state index in [1.54, 1.807) is 30.2 Å². The Bertz CT molecular complexity index is 762. The maximum Gasteiger partial charge on any atom is 0.206 e. The van der Waals surface area contributed by atoms with Crippen molar-refractivity contribution in [2.45, 2.75) is 16.5 Å². The van der Waals surface area contributed by atoms with Crippen LogP contribution < -0.4 is 10.1 Å². The standard InChI is InChI=1S/C18H19N3OS2/c1-22-16-9-5-8-15(12-16)13-23-18-21-20-17(24-18)19-11-10-14-6-3-2-4-7-14/h2-9,12H,10-11,13H2,1H3,(H,19,20). The number of nitrogens with zero attached hydrogens (tertiary/aromatic N) is 2. The van der Waals surface area contributed by atoms with Crippen LogP contribution in [0.1, 0.15) is 11.1 Å². The number of thioether (sulfide) groups is 1. The van der Waals surface area contributed by atoms with Gasteiger partial charge in [0.2, 0.25) is 5.13 Å². The number of hydrogen-bond acceptors (Lipinski definition) is 6. The first kappa shape index (κ1) is 16.8. The summed E-state index contributed by atoms with van der Waals surface area (Å²) in [4.78, 5) is 0. The molecule has 0 fully saturated rings. The van der Waals surface area contributed by atoms with Crippen molar-refractivity contribution in [3.63, 3.8) is 0 Å². The quantitative estimate of drug-likeness (QED) is 0.602. The van der Waals surface area contributed by atoms with Crippen molar-refractivity contribution in [1.29, 1.82) is 0 Å². The predicted octanol–water partition coefficient (Wildman–Crippen LogP) is 4.49. The first-order chi connectivity index (χ1) is 11.8. The molecule has 124 valence electrons. The number of hydrogen-bond donors (Lipinski definition) is 1. The number of ether oxygens (including phenoxy) is 1. The first-order valence-electron chi connectivity index (χ1n) is 7.70. The normalized spacial score (nSPS) is 10.5. The van der Waals surface area contributed by atoms with Crippen LogP contribution >= 0.6 is 23.1 Å². The Morgan fingerprint density at radius 1 is 1.04 bits per heavy atom. The molecule has 0 unspecified atom stereocenters. The lowest BCUT2D eigenvalue weighted by atomic mass is 10.2. The highest BCUT2D eigenvalue weighted by molar-refractivity contribution is 8.00. The van der Waals surface area contributed by atoms with Gasteiger partial charge in [-0.05, 0) is 29.7 Å². The molecule has 1 heterocycles. The summed E-state index contributed by atoms with van der Waals surface area (Å²) in [5.74, 6) is 1.74. The van der Waals surface area contributed by atoms with Gasteiger partial charge in [0.1, 0.15) is 5.75 Å².